The molecule has 4 fully saturated rings. The van der Waals surface area contributed by atoms with Crippen molar-refractivity contribution in [2.24, 2.45) is 11.8 Å². The summed E-state index contributed by atoms with van der Waals surface area (Å²) >= 11 is 0. The van der Waals surface area contributed by atoms with Gasteiger partial charge in [0, 0.05) is 18.1 Å². The van der Waals surface area contributed by atoms with E-state index in [-0.39, 0.29) is 24.0 Å². The van der Waals surface area contributed by atoms with Gasteiger partial charge in [-0.2, -0.15) is 0 Å². The summed E-state index contributed by atoms with van der Waals surface area (Å²) in [7, 11) is 0. The fraction of sp³-hybridized carbons (Fsp3) is 0.679. The number of carbonyl (C=O) groups excluding carboxylic acids is 1. The van der Waals surface area contributed by atoms with Crippen LogP contribution in [0.25, 0.3) is 10.9 Å². The number of nitrogens with one attached hydrogen (secondary N) is 1. The monoisotopic (exact) mass is 465 g/mol. The van der Waals surface area contributed by atoms with Gasteiger partial charge in [-0.3, -0.25) is 9.36 Å². The maximum absolute atomic E-state index is 13.2. The molecule has 34 heavy (non-hydrogen) atoms. The van der Waals surface area contributed by atoms with E-state index in [0.717, 1.165) is 37.5 Å². The number of aromatic nitrogens is 2. The van der Waals surface area contributed by atoms with Gasteiger partial charge in [0.2, 0.25) is 5.82 Å². The first kappa shape index (κ1) is 23.5. The number of hydrogen-bond acceptors (Lipinski definition) is 5. The minimum absolute atomic E-state index is 0.0134. The van der Waals surface area contributed by atoms with Crippen LogP contribution in [0.4, 0.5) is 0 Å². The molecule has 2 aliphatic carbocycles. The standard InChI is InChI=1S/C19H23N3O3.C9H16/c1-2-25-19(24)17-21-16-9-4-3-8-15(16)18(23)22(17)14-10-12-6-5-7-13(11-14)20-12;1-3-8-5-2-6-9(4-1)7-8/h3-4,8-9,12-14,20H,2,5-7,10-11H2,1H3;8-9H,1-7H2. The van der Waals surface area contributed by atoms with Crippen LogP contribution in [0.15, 0.2) is 29.1 Å². The Labute approximate surface area is 202 Å². The third-order valence-electron chi connectivity index (χ3n) is 8.44. The zero-order valence-electron chi connectivity index (χ0n) is 20.5. The lowest BCUT2D eigenvalue weighted by atomic mass is 9.72. The predicted octanol–water partition coefficient (Wildman–Crippen LogP) is 5.40. The first-order valence-electron chi connectivity index (χ1n) is 13.6. The molecule has 2 atom stereocenters. The molecule has 184 valence electrons. The Balaban J connectivity index is 0.000000222. The van der Waals surface area contributed by atoms with Crippen LogP contribution in [-0.4, -0.2) is 34.2 Å². The summed E-state index contributed by atoms with van der Waals surface area (Å²) in [5.41, 5.74) is 0.402. The highest BCUT2D eigenvalue weighted by Gasteiger charge is 2.35. The third kappa shape index (κ3) is 5.07. The van der Waals surface area contributed by atoms with Gasteiger partial charge in [-0.1, -0.05) is 57.1 Å². The summed E-state index contributed by atoms with van der Waals surface area (Å²) in [5, 5.41) is 4.19. The van der Waals surface area contributed by atoms with Crippen LogP contribution in [0, 0.1) is 11.8 Å². The number of hydrogen-bond donors (Lipinski definition) is 1. The van der Waals surface area contributed by atoms with Gasteiger partial charge in [-0.25, -0.2) is 9.78 Å². The predicted molar refractivity (Wildman–Crippen MR) is 134 cm³/mol. The topological polar surface area (TPSA) is 73.2 Å². The molecule has 6 nitrogen and oxygen atoms in total. The Kier molecular flexibility index (Phi) is 7.33. The van der Waals surface area contributed by atoms with Crippen molar-refractivity contribution in [3.05, 3.63) is 40.4 Å². The highest BCUT2D eigenvalue weighted by molar-refractivity contribution is 5.89. The molecule has 1 aromatic carbocycles. The second kappa shape index (κ2) is 10.6. The summed E-state index contributed by atoms with van der Waals surface area (Å²) < 4.78 is 6.78. The van der Waals surface area contributed by atoms with Crippen LogP contribution >= 0.6 is 0 Å². The third-order valence-corrected chi connectivity index (χ3v) is 8.44. The number of esters is 1. The van der Waals surface area contributed by atoms with Crippen molar-refractivity contribution >= 4 is 16.9 Å². The van der Waals surface area contributed by atoms with Crippen molar-refractivity contribution in [2.75, 3.05) is 6.61 Å². The second-order valence-corrected chi connectivity index (χ2v) is 10.8. The van der Waals surface area contributed by atoms with E-state index in [4.69, 9.17) is 4.74 Å². The molecule has 2 saturated heterocycles. The number of rotatable bonds is 3. The first-order chi connectivity index (χ1) is 16.6. The van der Waals surface area contributed by atoms with Crippen LogP contribution in [0.1, 0.15) is 101 Å². The Bertz CT molecular complexity index is 1030. The molecule has 6 heteroatoms. The van der Waals surface area contributed by atoms with Crippen LogP contribution in [-0.2, 0) is 4.74 Å². The molecule has 4 bridgehead atoms. The van der Waals surface area contributed by atoms with Gasteiger partial charge in [0.05, 0.1) is 17.5 Å². The first-order valence-corrected chi connectivity index (χ1v) is 13.6. The molecular formula is C28H39N3O3. The largest absolute Gasteiger partial charge is 0.460 e. The van der Waals surface area contributed by atoms with Gasteiger partial charge in [-0.15, -0.1) is 0 Å². The zero-order chi connectivity index (χ0) is 23.5. The number of ether oxygens (including phenoxy) is 1. The minimum atomic E-state index is -0.519. The highest BCUT2D eigenvalue weighted by atomic mass is 16.5. The summed E-state index contributed by atoms with van der Waals surface area (Å²) in [6.07, 6.45) is 16.0. The Morgan fingerprint density at radius 2 is 1.59 bits per heavy atom. The van der Waals surface area contributed by atoms with E-state index in [9.17, 15) is 9.59 Å². The minimum Gasteiger partial charge on any atom is -0.460 e. The van der Waals surface area contributed by atoms with Crippen LogP contribution in [0.2, 0.25) is 0 Å². The molecule has 2 aliphatic heterocycles. The second-order valence-electron chi connectivity index (χ2n) is 10.8. The smallest absolute Gasteiger partial charge is 0.374 e. The van der Waals surface area contributed by atoms with Crippen LogP contribution < -0.4 is 10.9 Å². The fourth-order valence-electron chi connectivity index (χ4n) is 6.89. The van der Waals surface area contributed by atoms with Crippen molar-refractivity contribution in [3.63, 3.8) is 0 Å². The summed E-state index contributed by atoms with van der Waals surface area (Å²) in [4.78, 5) is 30.2. The van der Waals surface area contributed by atoms with Gasteiger partial charge < -0.3 is 10.1 Å². The van der Waals surface area contributed by atoms with Crippen molar-refractivity contribution in [1.82, 2.24) is 14.9 Å². The Morgan fingerprint density at radius 3 is 2.21 bits per heavy atom. The number of fused-ring (bicyclic) bond motifs is 5. The maximum atomic E-state index is 13.2. The number of carbonyl (C=O) groups is 1. The highest BCUT2D eigenvalue weighted by Crippen LogP contribution is 2.39. The number of nitrogens with zero attached hydrogens (tertiary/aromatic N) is 2. The van der Waals surface area contributed by atoms with Crippen molar-refractivity contribution in [1.29, 1.82) is 0 Å². The molecule has 1 N–H and O–H groups in total. The molecule has 3 heterocycles. The SMILES string of the molecule is C1CC2CCCC(C1)C2.CCOC(=O)c1nc2ccccc2c(=O)n1C1CC2CCCC(C1)N2. The Hall–Kier alpha value is -2.21. The van der Waals surface area contributed by atoms with Crippen molar-refractivity contribution in [2.45, 2.75) is 102 Å². The molecular weight excluding hydrogens is 426 g/mol. The molecule has 0 amide bonds. The lowest BCUT2D eigenvalue weighted by Crippen LogP contribution is -2.50. The normalized spacial score (nSPS) is 30.2. The van der Waals surface area contributed by atoms with Gasteiger partial charge in [-0.05, 0) is 63.0 Å². The Morgan fingerprint density at radius 1 is 0.971 bits per heavy atom. The molecule has 1 aromatic heterocycles. The molecule has 2 aromatic rings. The van der Waals surface area contributed by atoms with E-state index in [1.807, 2.05) is 12.1 Å². The molecule has 0 spiro atoms. The average Bonchev–Trinajstić information content (AvgIpc) is 2.84. The lowest BCUT2D eigenvalue weighted by Gasteiger charge is -2.41. The number of benzene rings is 1. The quantitative estimate of drug-likeness (QED) is 0.615. The van der Waals surface area contributed by atoms with Crippen LogP contribution in [0.5, 0.6) is 0 Å². The van der Waals surface area contributed by atoms with Gasteiger partial charge in [0.1, 0.15) is 0 Å². The van der Waals surface area contributed by atoms with E-state index in [0.29, 0.717) is 23.0 Å². The maximum Gasteiger partial charge on any atom is 0.374 e. The summed E-state index contributed by atoms with van der Waals surface area (Å²) in [6.45, 7) is 2.02. The van der Waals surface area contributed by atoms with E-state index < -0.39 is 5.97 Å². The van der Waals surface area contributed by atoms with Gasteiger partial charge in [0.15, 0.2) is 0 Å². The van der Waals surface area contributed by atoms with E-state index in [2.05, 4.69) is 10.3 Å². The van der Waals surface area contributed by atoms with Crippen molar-refractivity contribution in [3.8, 4) is 0 Å². The van der Waals surface area contributed by atoms with E-state index >= 15 is 0 Å². The number of piperidine rings is 2. The molecule has 0 radical (unpaired) electrons. The van der Waals surface area contributed by atoms with E-state index in [1.165, 1.54) is 19.3 Å². The van der Waals surface area contributed by atoms with Crippen molar-refractivity contribution < 1.29 is 9.53 Å². The van der Waals surface area contributed by atoms with Gasteiger partial charge in [0.25, 0.3) is 5.56 Å². The zero-order valence-corrected chi connectivity index (χ0v) is 20.5. The van der Waals surface area contributed by atoms with Crippen LogP contribution in [0.3, 0.4) is 0 Å². The lowest BCUT2D eigenvalue weighted by molar-refractivity contribution is 0.0495. The van der Waals surface area contributed by atoms with Gasteiger partial charge >= 0.3 is 5.97 Å². The molecule has 6 rings (SSSR count). The molecule has 4 aliphatic rings. The fourth-order valence-corrected chi connectivity index (χ4v) is 6.89. The summed E-state index contributed by atoms with van der Waals surface area (Å²) in [5.74, 6) is 1.92. The number of para-hydroxylation sites is 1. The molecule has 2 unspecified atom stereocenters. The summed E-state index contributed by atoms with van der Waals surface area (Å²) in [6, 6.07) is 8.00. The van der Waals surface area contributed by atoms with E-state index in [1.54, 1.807) is 55.7 Å². The molecule has 2 saturated carbocycles. The average molecular weight is 466 g/mol.